The number of alkyl halides is 3. The van der Waals surface area contributed by atoms with Crippen LogP contribution >= 0.6 is 0 Å². The highest BCUT2D eigenvalue weighted by molar-refractivity contribution is 7.90. The Morgan fingerprint density at radius 1 is 0.970 bits per heavy atom. The highest BCUT2D eigenvalue weighted by Crippen LogP contribution is 2.55. The number of sulfonamides is 1. The van der Waals surface area contributed by atoms with E-state index in [0.717, 1.165) is 51.4 Å². The zero-order valence-electron chi connectivity index (χ0n) is 18.5. The molecular weight excluding hydrogens is 455 g/mol. The van der Waals surface area contributed by atoms with Crippen molar-refractivity contribution in [2.24, 2.45) is 17.8 Å². The Bertz CT molecular complexity index is 1010. The van der Waals surface area contributed by atoms with Gasteiger partial charge in [0.25, 0.3) is 0 Å². The first-order valence-corrected chi connectivity index (χ1v) is 13.4. The molecule has 0 radical (unpaired) electrons. The Labute approximate surface area is 192 Å². The van der Waals surface area contributed by atoms with Gasteiger partial charge in [0.1, 0.15) is 0 Å². The lowest BCUT2D eigenvalue weighted by molar-refractivity contribution is -0.137. The summed E-state index contributed by atoms with van der Waals surface area (Å²) in [4.78, 5) is 17.0. The van der Waals surface area contributed by atoms with Gasteiger partial charge < -0.3 is 4.90 Å². The van der Waals surface area contributed by atoms with E-state index in [-0.39, 0.29) is 30.2 Å². The van der Waals surface area contributed by atoms with Crippen molar-refractivity contribution in [1.82, 2.24) is 9.21 Å². The molecule has 0 aromatic heterocycles. The number of amides is 1. The molecule has 1 aromatic carbocycles. The Morgan fingerprint density at radius 2 is 1.67 bits per heavy atom. The molecule has 33 heavy (non-hydrogen) atoms. The van der Waals surface area contributed by atoms with E-state index >= 15 is 0 Å². The smallest absolute Gasteiger partial charge is 0.369 e. The van der Waals surface area contributed by atoms with Gasteiger partial charge in [0.05, 0.1) is 16.7 Å². The maximum atomic E-state index is 13.0. The van der Waals surface area contributed by atoms with Gasteiger partial charge in [0.2, 0.25) is 15.9 Å². The number of nitrogens with zero attached hydrogens (tertiary/aromatic N) is 3. The van der Waals surface area contributed by atoms with Gasteiger partial charge in [-0.25, -0.2) is 12.7 Å². The maximum absolute atomic E-state index is 13.0. The molecule has 2 heterocycles. The highest BCUT2D eigenvalue weighted by Gasteiger charge is 2.63. The number of halogens is 3. The van der Waals surface area contributed by atoms with Crippen LogP contribution in [0.1, 0.15) is 37.7 Å². The number of anilines is 1. The topological polar surface area (TPSA) is 60.9 Å². The number of unbranched alkanes of at least 4 members (excludes halogenated alkanes) is 1. The minimum atomic E-state index is -4.35. The summed E-state index contributed by atoms with van der Waals surface area (Å²) < 4.78 is 66.0. The van der Waals surface area contributed by atoms with Crippen molar-refractivity contribution in [2.45, 2.75) is 43.5 Å². The molecule has 0 spiro atoms. The molecule has 182 valence electrons. The third-order valence-corrected chi connectivity index (χ3v) is 10.4. The standard InChI is InChI=1S/C23H30F3N3O3S/c24-23(25,26)18-4-3-5-19(15-18)28-12-10-27(11-13-28)8-1-2-9-29-22(30)20-16-6-7-17(14-16)21(20)33(29,31)32/h3-5,15-17,20-21H,1-2,6-14H2. The molecular formula is C23H30F3N3O3S. The van der Waals surface area contributed by atoms with Gasteiger partial charge in [-0.1, -0.05) is 6.07 Å². The minimum Gasteiger partial charge on any atom is -0.369 e. The predicted molar refractivity (Wildman–Crippen MR) is 118 cm³/mol. The quantitative estimate of drug-likeness (QED) is 0.580. The van der Waals surface area contributed by atoms with Crippen LogP contribution in [0, 0.1) is 17.8 Å². The van der Waals surface area contributed by atoms with Crippen molar-refractivity contribution in [3.63, 3.8) is 0 Å². The van der Waals surface area contributed by atoms with Crippen molar-refractivity contribution >= 4 is 21.6 Å². The molecule has 2 aliphatic carbocycles. The second kappa shape index (κ2) is 8.45. The maximum Gasteiger partial charge on any atom is 0.416 e. The van der Waals surface area contributed by atoms with Crippen molar-refractivity contribution in [3.8, 4) is 0 Å². The van der Waals surface area contributed by atoms with Crippen LogP contribution in [0.4, 0.5) is 18.9 Å². The summed E-state index contributed by atoms with van der Waals surface area (Å²) in [5.41, 5.74) is -0.0484. The monoisotopic (exact) mass is 485 g/mol. The minimum absolute atomic E-state index is 0.159. The van der Waals surface area contributed by atoms with E-state index in [4.69, 9.17) is 0 Å². The first-order valence-electron chi connectivity index (χ1n) is 11.9. The van der Waals surface area contributed by atoms with E-state index < -0.39 is 27.0 Å². The van der Waals surface area contributed by atoms with Gasteiger partial charge in [-0.15, -0.1) is 0 Å². The lowest BCUT2D eigenvalue weighted by Gasteiger charge is -2.36. The molecule has 4 fully saturated rings. The molecule has 1 aromatic rings. The third kappa shape index (κ3) is 4.13. The predicted octanol–water partition coefficient (Wildman–Crippen LogP) is 3.19. The Hall–Kier alpha value is -1.81. The number of hydrogen-bond acceptors (Lipinski definition) is 5. The molecule has 2 aliphatic heterocycles. The van der Waals surface area contributed by atoms with Crippen molar-refractivity contribution < 1.29 is 26.4 Å². The van der Waals surface area contributed by atoms with Gasteiger partial charge in [-0.05, 0) is 68.7 Å². The van der Waals surface area contributed by atoms with Crippen molar-refractivity contribution in [1.29, 1.82) is 0 Å². The van der Waals surface area contributed by atoms with Crippen molar-refractivity contribution in [3.05, 3.63) is 29.8 Å². The van der Waals surface area contributed by atoms with E-state index in [9.17, 15) is 26.4 Å². The largest absolute Gasteiger partial charge is 0.416 e. The van der Waals surface area contributed by atoms with Crippen LogP contribution in [0.15, 0.2) is 24.3 Å². The van der Waals surface area contributed by atoms with Crippen molar-refractivity contribution in [2.75, 3.05) is 44.2 Å². The summed E-state index contributed by atoms with van der Waals surface area (Å²) in [6.45, 7) is 3.82. The summed E-state index contributed by atoms with van der Waals surface area (Å²) in [5.74, 6) is -0.0768. The second-order valence-corrected chi connectivity index (χ2v) is 11.9. The molecule has 0 N–H and O–H groups in total. The number of piperazine rings is 1. The lowest BCUT2D eigenvalue weighted by atomic mass is 9.88. The SMILES string of the molecule is O=C1C2C3CCC(C3)C2S(=O)(=O)N1CCCCN1CCN(c2cccc(C(F)(F)F)c2)CC1. The summed E-state index contributed by atoms with van der Waals surface area (Å²) in [6, 6.07) is 5.44. The molecule has 5 rings (SSSR count). The van der Waals surface area contributed by atoms with E-state index in [1.807, 2.05) is 4.90 Å². The number of rotatable bonds is 6. The average Bonchev–Trinajstić information content (AvgIpc) is 3.45. The van der Waals surface area contributed by atoms with Gasteiger partial charge in [-0.2, -0.15) is 13.2 Å². The van der Waals surface area contributed by atoms with E-state index in [1.54, 1.807) is 6.07 Å². The summed E-state index contributed by atoms with van der Waals surface area (Å²) in [5, 5.41) is -0.479. The summed E-state index contributed by atoms with van der Waals surface area (Å²) >= 11 is 0. The van der Waals surface area contributed by atoms with Gasteiger partial charge in [-0.3, -0.25) is 9.69 Å². The zero-order valence-corrected chi connectivity index (χ0v) is 19.3. The number of fused-ring (bicyclic) bond motifs is 5. The van der Waals surface area contributed by atoms with Gasteiger partial charge in [0.15, 0.2) is 0 Å². The van der Waals surface area contributed by atoms with Crippen LogP contribution in [-0.4, -0.2) is 68.0 Å². The molecule has 4 unspecified atom stereocenters. The number of benzene rings is 1. The number of hydrogen-bond donors (Lipinski definition) is 0. The summed E-state index contributed by atoms with van der Waals surface area (Å²) in [6.07, 6.45) is -0.133. The first-order chi connectivity index (χ1) is 15.7. The molecule has 2 bridgehead atoms. The fourth-order valence-corrected chi connectivity index (χ4v) is 8.88. The molecule has 2 saturated heterocycles. The van der Waals surface area contributed by atoms with Gasteiger partial charge >= 0.3 is 6.18 Å². The van der Waals surface area contributed by atoms with Crippen LogP contribution < -0.4 is 4.90 Å². The van der Waals surface area contributed by atoms with Gasteiger partial charge in [0, 0.05) is 38.4 Å². The molecule has 4 aliphatic rings. The zero-order chi connectivity index (χ0) is 23.4. The molecule has 4 atom stereocenters. The second-order valence-electron chi connectivity index (χ2n) is 9.86. The van der Waals surface area contributed by atoms with E-state index in [0.29, 0.717) is 25.2 Å². The summed E-state index contributed by atoms with van der Waals surface area (Å²) in [7, 11) is -3.52. The first kappa shape index (κ1) is 23.0. The number of carbonyl (C=O) groups is 1. The molecule has 6 nitrogen and oxygen atoms in total. The Kier molecular flexibility index (Phi) is 5.87. The molecule has 2 saturated carbocycles. The normalized spacial score (nSPS) is 31.4. The molecule has 1 amide bonds. The molecule has 10 heteroatoms. The fraction of sp³-hybridized carbons (Fsp3) is 0.696. The van der Waals surface area contributed by atoms with Crippen LogP contribution in [0.3, 0.4) is 0 Å². The highest BCUT2D eigenvalue weighted by atomic mass is 32.2. The van der Waals surface area contributed by atoms with Crippen LogP contribution in [0.2, 0.25) is 0 Å². The van der Waals surface area contributed by atoms with E-state index in [2.05, 4.69) is 4.90 Å². The fourth-order valence-electron chi connectivity index (χ4n) is 6.38. The van der Waals surface area contributed by atoms with Crippen LogP contribution in [0.5, 0.6) is 0 Å². The Morgan fingerprint density at radius 3 is 2.36 bits per heavy atom. The Balaban J connectivity index is 1.08. The van der Waals surface area contributed by atoms with Crippen LogP contribution in [-0.2, 0) is 21.0 Å². The van der Waals surface area contributed by atoms with E-state index in [1.165, 1.54) is 16.4 Å². The number of carbonyl (C=O) groups excluding carboxylic acids is 1. The lowest BCUT2D eigenvalue weighted by Crippen LogP contribution is -2.46. The van der Waals surface area contributed by atoms with Crippen LogP contribution in [0.25, 0.3) is 0 Å². The third-order valence-electron chi connectivity index (χ3n) is 8.02. The average molecular weight is 486 g/mol.